The molecule has 4 rings (SSSR count). The number of alkyl halides is 3. The number of H-pyrrole nitrogens is 1. The molecule has 0 saturated heterocycles. The molecule has 0 unspecified atom stereocenters. The van der Waals surface area contributed by atoms with Gasteiger partial charge in [-0.3, -0.25) is 0 Å². The van der Waals surface area contributed by atoms with Crippen LogP contribution in [0.25, 0.3) is 22.6 Å². The van der Waals surface area contributed by atoms with Gasteiger partial charge in [0.15, 0.2) is 5.76 Å². The van der Waals surface area contributed by atoms with Gasteiger partial charge in [-0.15, -0.1) is 10.2 Å². The fourth-order valence-electron chi connectivity index (χ4n) is 2.60. The Balaban J connectivity index is 1.47. The fraction of sp³-hybridized carbons (Fsp3) is 0.118. The summed E-state index contributed by atoms with van der Waals surface area (Å²) in [5.41, 5.74) is -2.12. The summed E-state index contributed by atoms with van der Waals surface area (Å²) in [6, 6.07) is 11.8. The van der Waals surface area contributed by atoms with Crippen LogP contribution in [-0.4, -0.2) is 26.1 Å². The zero-order chi connectivity index (χ0) is 19.7. The minimum Gasteiger partial charge on any atom is -0.453 e. The van der Waals surface area contributed by atoms with Crippen LogP contribution in [-0.2, 0) is 6.54 Å². The number of nitrogens with one attached hydrogen (secondary N) is 2. The van der Waals surface area contributed by atoms with Crippen molar-refractivity contribution in [2.75, 3.05) is 5.32 Å². The van der Waals surface area contributed by atoms with Gasteiger partial charge in [-0.1, -0.05) is 17.7 Å². The molecule has 28 heavy (non-hydrogen) atoms. The Morgan fingerprint density at radius 3 is 2.71 bits per heavy atom. The maximum Gasteiger partial charge on any atom is 0.446 e. The summed E-state index contributed by atoms with van der Waals surface area (Å²) < 4.78 is 43.1. The van der Waals surface area contributed by atoms with E-state index in [0.717, 1.165) is 10.9 Å². The Labute approximate surface area is 165 Å². The molecule has 0 saturated carbocycles. The number of anilines is 1. The molecule has 2 aromatic carbocycles. The summed E-state index contributed by atoms with van der Waals surface area (Å²) in [4.78, 5) is -0.0338. The van der Waals surface area contributed by atoms with Crippen LogP contribution in [0.4, 0.5) is 18.9 Å². The smallest absolute Gasteiger partial charge is 0.446 e. The van der Waals surface area contributed by atoms with Crippen LogP contribution in [0.1, 0.15) is 5.56 Å². The number of furan rings is 1. The molecule has 2 N–H and O–H groups in total. The number of hydrogen-bond acceptors (Lipinski definition) is 6. The lowest BCUT2D eigenvalue weighted by Crippen LogP contribution is -2.01. The van der Waals surface area contributed by atoms with Crippen LogP contribution in [0.3, 0.4) is 0 Å². The van der Waals surface area contributed by atoms with Gasteiger partial charge in [0.1, 0.15) is 5.58 Å². The minimum absolute atomic E-state index is 0.0338. The van der Waals surface area contributed by atoms with E-state index in [1.54, 1.807) is 6.07 Å². The third kappa shape index (κ3) is 4.23. The van der Waals surface area contributed by atoms with E-state index >= 15 is 0 Å². The maximum atomic E-state index is 12.5. The van der Waals surface area contributed by atoms with Gasteiger partial charge in [0.05, 0.1) is 5.02 Å². The van der Waals surface area contributed by atoms with Crippen molar-refractivity contribution in [3.8, 4) is 11.6 Å². The summed E-state index contributed by atoms with van der Waals surface area (Å²) in [5, 5.41) is 17.7. The number of halogens is 4. The van der Waals surface area contributed by atoms with Crippen LogP contribution in [0.15, 0.2) is 51.8 Å². The number of aromatic amines is 1. The molecule has 0 spiro atoms. The highest BCUT2D eigenvalue weighted by atomic mass is 35.5. The first-order chi connectivity index (χ1) is 13.4. The van der Waals surface area contributed by atoms with Crippen LogP contribution in [0.2, 0.25) is 5.02 Å². The minimum atomic E-state index is -4.38. The van der Waals surface area contributed by atoms with Crippen molar-refractivity contribution in [3.63, 3.8) is 0 Å². The second-order valence-electron chi connectivity index (χ2n) is 5.76. The number of aromatic nitrogens is 4. The highest BCUT2D eigenvalue weighted by Gasteiger charge is 2.30. The predicted octanol–water partition coefficient (Wildman–Crippen LogP) is 5.49. The van der Waals surface area contributed by atoms with Gasteiger partial charge >= 0.3 is 5.51 Å². The zero-order valence-electron chi connectivity index (χ0n) is 13.9. The number of thioether (sulfide) groups is 1. The standard InChI is InChI=1S/C17H11ClF3N5OS/c18-12-7-11(2-4-15(12)28-17(19,20)21)22-8-9-1-3-13-10(5-9)6-14(27-13)16-23-25-26-24-16/h1-7,22H,8H2,(H,23,24,25,26). The lowest BCUT2D eigenvalue weighted by atomic mass is 10.1. The van der Waals surface area contributed by atoms with E-state index in [9.17, 15) is 13.2 Å². The molecule has 0 aliphatic heterocycles. The van der Waals surface area contributed by atoms with E-state index in [4.69, 9.17) is 16.0 Å². The molecule has 0 fully saturated rings. The summed E-state index contributed by atoms with van der Waals surface area (Å²) in [5.74, 6) is 0.862. The Morgan fingerprint density at radius 2 is 2.00 bits per heavy atom. The normalized spacial score (nSPS) is 11.9. The zero-order valence-corrected chi connectivity index (χ0v) is 15.5. The second kappa shape index (κ2) is 7.36. The number of benzene rings is 2. The number of tetrazole rings is 1. The van der Waals surface area contributed by atoms with Gasteiger partial charge in [-0.05, 0) is 58.9 Å². The van der Waals surface area contributed by atoms with Gasteiger partial charge in [0.25, 0.3) is 0 Å². The van der Waals surface area contributed by atoms with Crippen molar-refractivity contribution in [3.05, 3.63) is 53.1 Å². The van der Waals surface area contributed by atoms with Crippen molar-refractivity contribution in [2.24, 2.45) is 0 Å². The molecule has 6 nitrogen and oxygen atoms in total. The molecule has 0 aliphatic carbocycles. The Morgan fingerprint density at radius 1 is 1.14 bits per heavy atom. The quantitative estimate of drug-likeness (QED) is 0.411. The molecule has 0 amide bonds. The van der Waals surface area contributed by atoms with E-state index < -0.39 is 5.51 Å². The molecular formula is C17H11ClF3N5OS. The molecule has 4 aromatic rings. The van der Waals surface area contributed by atoms with Crippen molar-refractivity contribution < 1.29 is 17.6 Å². The number of nitrogens with zero attached hydrogens (tertiary/aromatic N) is 3. The molecule has 2 aromatic heterocycles. The average molecular weight is 426 g/mol. The third-order valence-electron chi connectivity index (χ3n) is 3.80. The van der Waals surface area contributed by atoms with E-state index in [1.165, 1.54) is 12.1 Å². The van der Waals surface area contributed by atoms with E-state index in [1.807, 2.05) is 24.3 Å². The van der Waals surface area contributed by atoms with Gasteiger partial charge in [0, 0.05) is 22.5 Å². The number of hydrogen-bond donors (Lipinski definition) is 2. The highest BCUT2D eigenvalue weighted by molar-refractivity contribution is 8.00. The average Bonchev–Trinajstić information content (AvgIpc) is 3.29. The van der Waals surface area contributed by atoms with Crippen LogP contribution >= 0.6 is 23.4 Å². The second-order valence-corrected chi connectivity index (χ2v) is 7.28. The largest absolute Gasteiger partial charge is 0.453 e. The Kier molecular flexibility index (Phi) is 4.90. The first-order valence-corrected chi connectivity index (χ1v) is 9.12. The first-order valence-electron chi connectivity index (χ1n) is 7.93. The van der Waals surface area contributed by atoms with Crippen LogP contribution < -0.4 is 5.32 Å². The molecule has 0 bridgehead atoms. The molecule has 0 radical (unpaired) electrons. The lowest BCUT2D eigenvalue weighted by molar-refractivity contribution is -0.0328. The number of rotatable bonds is 5. The summed E-state index contributed by atoms with van der Waals surface area (Å²) >= 11 is 5.72. The van der Waals surface area contributed by atoms with E-state index in [2.05, 4.69) is 25.9 Å². The van der Waals surface area contributed by atoms with Crippen LogP contribution in [0, 0.1) is 0 Å². The van der Waals surface area contributed by atoms with Gasteiger partial charge in [-0.2, -0.15) is 18.4 Å². The summed E-state index contributed by atoms with van der Waals surface area (Å²) in [6.45, 7) is 0.459. The Bertz CT molecular complexity index is 1110. The lowest BCUT2D eigenvalue weighted by Gasteiger charge is -2.11. The van der Waals surface area contributed by atoms with Crippen molar-refractivity contribution in [1.82, 2.24) is 20.6 Å². The van der Waals surface area contributed by atoms with E-state index in [0.29, 0.717) is 29.4 Å². The van der Waals surface area contributed by atoms with Gasteiger partial charge in [-0.25, -0.2) is 0 Å². The highest BCUT2D eigenvalue weighted by Crippen LogP contribution is 2.41. The van der Waals surface area contributed by atoms with Crippen molar-refractivity contribution in [2.45, 2.75) is 16.9 Å². The van der Waals surface area contributed by atoms with Crippen LogP contribution in [0.5, 0.6) is 0 Å². The SMILES string of the molecule is FC(F)(F)Sc1ccc(NCc2ccc3oc(-c4nn[nH]n4)cc3c2)cc1Cl. The van der Waals surface area contributed by atoms with E-state index in [-0.39, 0.29) is 21.7 Å². The summed E-state index contributed by atoms with van der Waals surface area (Å²) in [7, 11) is 0. The molecule has 0 aliphatic rings. The molecule has 2 heterocycles. The van der Waals surface area contributed by atoms with Crippen molar-refractivity contribution >= 4 is 40.0 Å². The molecule has 144 valence electrons. The summed E-state index contributed by atoms with van der Waals surface area (Å²) in [6.07, 6.45) is 0. The molecule has 0 atom stereocenters. The van der Waals surface area contributed by atoms with Crippen molar-refractivity contribution in [1.29, 1.82) is 0 Å². The molecular weight excluding hydrogens is 415 g/mol. The maximum absolute atomic E-state index is 12.5. The monoisotopic (exact) mass is 425 g/mol. The number of fused-ring (bicyclic) bond motifs is 1. The topological polar surface area (TPSA) is 79.6 Å². The first kappa shape index (κ1) is 18.6. The van der Waals surface area contributed by atoms with Gasteiger partial charge in [0.2, 0.25) is 5.82 Å². The Hall–Kier alpha value is -2.72. The third-order valence-corrected chi connectivity index (χ3v) is 5.03. The molecule has 11 heteroatoms. The van der Waals surface area contributed by atoms with Gasteiger partial charge < -0.3 is 9.73 Å². The fourth-order valence-corrected chi connectivity index (χ4v) is 3.44. The predicted molar refractivity (Wildman–Crippen MR) is 100 cm³/mol.